The molecule has 0 unspecified atom stereocenters. The number of aromatic nitrogens is 2. The second-order valence-corrected chi connectivity index (χ2v) is 10.2. The Morgan fingerprint density at radius 2 is 1.83 bits per heavy atom. The predicted molar refractivity (Wildman–Crippen MR) is 112 cm³/mol. The normalized spacial score (nSPS) is 34.1. The van der Waals surface area contributed by atoms with Crippen molar-refractivity contribution < 1.29 is 14.3 Å². The molecule has 1 N–H and O–H groups in total. The topological polar surface area (TPSA) is 76.5 Å². The van der Waals surface area contributed by atoms with Crippen LogP contribution in [-0.4, -0.2) is 53.1 Å². The third-order valence-electron chi connectivity index (χ3n) is 8.00. The fourth-order valence-corrected chi connectivity index (χ4v) is 7.11. The molecule has 1 aromatic rings. The summed E-state index contributed by atoms with van der Waals surface area (Å²) in [6.45, 7) is 4.61. The van der Waals surface area contributed by atoms with Gasteiger partial charge in [0.15, 0.2) is 0 Å². The third-order valence-corrected chi connectivity index (χ3v) is 8.00. The monoisotopic (exact) mass is 414 g/mol. The van der Waals surface area contributed by atoms with E-state index in [2.05, 4.69) is 21.7 Å². The van der Waals surface area contributed by atoms with Crippen molar-refractivity contribution in [3.05, 3.63) is 17.7 Å². The maximum Gasteiger partial charge on any atom is 0.229 e. The number of ether oxygens (including phenoxy) is 1. The van der Waals surface area contributed by atoms with E-state index in [0.717, 1.165) is 61.6 Å². The van der Waals surface area contributed by atoms with Crippen LogP contribution in [0.5, 0.6) is 0 Å². The van der Waals surface area contributed by atoms with E-state index in [1.807, 2.05) is 6.20 Å². The summed E-state index contributed by atoms with van der Waals surface area (Å²) in [6, 6.07) is -0.0374. The molecule has 0 radical (unpaired) electrons. The second kappa shape index (κ2) is 7.66. The minimum absolute atomic E-state index is 0.0374. The SMILES string of the molecule is COCCNC(=O)Cc1cn2c(n1)[C@@H](C)N(C(=O)C13CC4CC(CC(C4)C1)C3)CC2. The largest absolute Gasteiger partial charge is 0.383 e. The first-order valence-corrected chi connectivity index (χ1v) is 11.6. The van der Waals surface area contributed by atoms with Crippen LogP contribution in [0.3, 0.4) is 0 Å². The number of nitrogens with one attached hydrogen (secondary N) is 1. The lowest BCUT2D eigenvalue weighted by molar-refractivity contribution is -0.161. The van der Waals surface area contributed by atoms with Gasteiger partial charge in [-0.1, -0.05) is 0 Å². The molecule has 5 aliphatic rings. The summed E-state index contributed by atoms with van der Waals surface area (Å²) in [5, 5.41) is 2.85. The number of methoxy groups -OCH3 is 1. The number of rotatable bonds is 6. The van der Waals surface area contributed by atoms with Gasteiger partial charge in [-0.25, -0.2) is 4.98 Å². The molecular formula is C23H34N4O3. The fraction of sp³-hybridized carbons (Fsp3) is 0.783. The highest BCUT2D eigenvalue weighted by Crippen LogP contribution is 2.61. The Morgan fingerprint density at radius 1 is 1.17 bits per heavy atom. The Kier molecular flexibility index (Phi) is 5.12. The maximum absolute atomic E-state index is 13.8. The van der Waals surface area contributed by atoms with Gasteiger partial charge in [0.2, 0.25) is 11.8 Å². The molecule has 0 spiro atoms. The van der Waals surface area contributed by atoms with Crippen LogP contribution in [0.2, 0.25) is 0 Å². The number of carbonyl (C=O) groups excluding carboxylic acids is 2. The molecule has 4 saturated carbocycles. The van der Waals surface area contributed by atoms with Crippen LogP contribution in [0, 0.1) is 23.2 Å². The average molecular weight is 415 g/mol. The molecule has 1 aliphatic heterocycles. The Morgan fingerprint density at radius 3 is 2.47 bits per heavy atom. The van der Waals surface area contributed by atoms with Gasteiger partial charge in [0.25, 0.3) is 0 Å². The Balaban J connectivity index is 1.28. The number of hydrogen-bond acceptors (Lipinski definition) is 4. The summed E-state index contributed by atoms with van der Waals surface area (Å²) in [5.74, 6) is 3.55. The maximum atomic E-state index is 13.8. The zero-order valence-corrected chi connectivity index (χ0v) is 18.2. The van der Waals surface area contributed by atoms with Crippen LogP contribution < -0.4 is 5.32 Å². The molecule has 4 aliphatic carbocycles. The van der Waals surface area contributed by atoms with Gasteiger partial charge >= 0.3 is 0 Å². The van der Waals surface area contributed by atoms with Gasteiger partial charge in [-0.15, -0.1) is 0 Å². The average Bonchev–Trinajstić information content (AvgIpc) is 3.10. The highest BCUT2D eigenvalue weighted by molar-refractivity contribution is 5.84. The predicted octanol–water partition coefficient (Wildman–Crippen LogP) is 2.31. The first-order valence-electron chi connectivity index (χ1n) is 11.6. The van der Waals surface area contributed by atoms with E-state index in [-0.39, 0.29) is 23.8 Å². The summed E-state index contributed by atoms with van der Waals surface area (Å²) < 4.78 is 7.10. The molecule has 1 atom stereocenters. The third kappa shape index (κ3) is 3.45. The molecule has 0 saturated heterocycles. The molecule has 4 bridgehead atoms. The minimum Gasteiger partial charge on any atom is -0.383 e. The lowest BCUT2D eigenvalue weighted by atomic mass is 9.49. The lowest BCUT2D eigenvalue weighted by Gasteiger charge is -2.57. The number of imidazole rings is 1. The Labute approximate surface area is 178 Å². The van der Waals surface area contributed by atoms with Crippen molar-refractivity contribution in [2.24, 2.45) is 23.2 Å². The fourth-order valence-electron chi connectivity index (χ4n) is 7.11. The molecule has 2 amide bonds. The number of amides is 2. The van der Waals surface area contributed by atoms with Crippen LogP contribution in [0.25, 0.3) is 0 Å². The molecule has 164 valence electrons. The quantitative estimate of drug-likeness (QED) is 0.725. The molecule has 4 fully saturated rings. The van der Waals surface area contributed by atoms with Gasteiger partial charge < -0.3 is 19.5 Å². The summed E-state index contributed by atoms with van der Waals surface area (Å²) in [6.07, 6.45) is 9.59. The minimum atomic E-state index is -0.109. The zero-order chi connectivity index (χ0) is 20.9. The van der Waals surface area contributed by atoms with Crippen molar-refractivity contribution in [1.82, 2.24) is 19.8 Å². The Hall–Kier alpha value is -1.89. The van der Waals surface area contributed by atoms with Gasteiger partial charge in [-0.3, -0.25) is 9.59 Å². The highest BCUT2D eigenvalue weighted by atomic mass is 16.5. The van der Waals surface area contributed by atoms with E-state index >= 15 is 0 Å². The standard InChI is InChI=1S/C23H34N4O3/c1-15-21-25-19(10-20(28)24-3-6-30-2)14-26(21)4-5-27(15)22(29)23-11-16-7-17(12-23)9-18(8-16)13-23/h14-18H,3-13H2,1-2H3,(H,24,28)/t15-,16?,17?,18?,23?/m1/s1. The van der Waals surface area contributed by atoms with Crippen LogP contribution in [-0.2, 0) is 27.3 Å². The molecule has 2 heterocycles. The zero-order valence-electron chi connectivity index (χ0n) is 18.2. The molecule has 7 heteroatoms. The van der Waals surface area contributed by atoms with E-state index in [9.17, 15) is 9.59 Å². The van der Waals surface area contributed by atoms with Crippen molar-refractivity contribution in [3.8, 4) is 0 Å². The number of fused-ring (bicyclic) bond motifs is 1. The van der Waals surface area contributed by atoms with Crippen LogP contribution in [0.1, 0.15) is 63.0 Å². The van der Waals surface area contributed by atoms with E-state index in [1.165, 1.54) is 19.3 Å². The summed E-state index contributed by atoms with van der Waals surface area (Å²) in [4.78, 5) is 32.8. The van der Waals surface area contributed by atoms with Gasteiger partial charge in [0.1, 0.15) is 5.82 Å². The van der Waals surface area contributed by atoms with Crippen molar-refractivity contribution in [3.63, 3.8) is 0 Å². The van der Waals surface area contributed by atoms with Gasteiger partial charge in [0, 0.05) is 32.9 Å². The Bertz CT molecular complexity index is 797. The second-order valence-electron chi connectivity index (χ2n) is 10.2. The van der Waals surface area contributed by atoms with E-state index < -0.39 is 0 Å². The van der Waals surface area contributed by atoms with Gasteiger partial charge in [-0.05, 0) is 63.2 Å². The van der Waals surface area contributed by atoms with Crippen LogP contribution >= 0.6 is 0 Å². The molecule has 7 nitrogen and oxygen atoms in total. The summed E-state index contributed by atoms with van der Waals surface area (Å²) in [5.41, 5.74) is 0.665. The molecule has 6 rings (SSSR count). The number of carbonyl (C=O) groups is 2. The van der Waals surface area contributed by atoms with Crippen molar-refractivity contribution in [2.45, 2.75) is 64.5 Å². The van der Waals surface area contributed by atoms with E-state index in [1.54, 1.807) is 7.11 Å². The molecule has 0 aromatic carbocycles. The first kappa shape index (κ1) is 20.0. The number of nitrogens with zero attached hydrogens (tertiary/aromatic N) is 3. The van der Waals surface area contributed by atoms with Crippen molar-refractivity contribution >= 4 is 11.8 Å². The first-order chi connectivity index (χ1) is 14.5. The number of hydrogen-bond donors (Lipinski definition) is 1. The molecule has 30 heavy (non-hydrogen) atoms. The highest BCUT2D eigenvalue weighted by Gasteiger charge is 2.56. The summed E-state index contributed by atoms with van der Waals surface area (Å²) in [7, 11) is 1.62. The molecular weight excluding hydrogens is 380 g/mol. The molecule has 1 aromatic heterocycles. The van der Waals surface area contributed by atoms with E-state index in [0.29, 0.717) is 19.1 Å². The van der Waals surface area contributed by atoms with Gasteiger partial charge in [0.05, 0.1) is 30.2 Å². The summed E-state index contributed by atoms with van der Waals surface area (Å²) >= 11 is 0. The lowest BCUT2D eigenvalue weighted by Crippen LogP contribution is -2.56. The van der Waals surface area contributed by atoms with Crippen molar-refractivity contribution in [2.75, 3.05) is 26.8 Å². The van der Waals surface area contributed by atoms with Crippen molar-refractivity contribution in [1.29, 1.82) is 0 Å². The van der Waals surface area contributed by atoms with E-state index in [4.69, 9.17) is 9.72 Å². The smallest absolute Gasteiger partial charge is 0.229 e. The van der Waals surface area contributed by atoms with Gasteiger partial charge in [-0.2, -0.15) is 0 Å². The van der Waals surface area contributed by atoms with Crippen LogP contribution in [0.4, 0.5) is 0 Å². The van der Waals surface area contributed by atoms with Crippen LogP contribution in [0.15, 0.2) is 6.20 Å².